The molecule has 2 amide bonds. The zero-order valence-corrected chi connectivity index (χ0v) is 28.9. The van der Waals surface area contributed by atoms with Crippen LogP contribution in [0.25, 0.3) is 0 Å². The molecule has 43 heavy (non-hydrogen) atoms. The van der Waals surface area contributed by atoms with Crippen LogP contribution in [0.3, 0.4) is 0 Å². The van der Waals surface area contributed by atoms with E-state index in [2.05, 4.69) is 51.3 Å². The number of fused-ring (bicyclic) bond motifs is 5. The SMILES string of the molecule is CC(C)CCCC(C)C1CCC2C3CC=C4CC(NC(=O)CCOCCNC(=O)OC(C)(C)C)CCC4(C)C3CCC12C. The quantitative estimate of drug-likeness (QED) is 0.174. The predicted molar refractivity (Wildman–Crippen MR) is 175 cm³/mol. The molecule has 0 aromatic heterocycles. The minimum absolute atomic E-state index is 0.0657. The van der Waals surface area contributed by atoms with Gasteiger partial charge < -0.3 is 20.1 Å². The van der Waals surface area contributed by atoms with E-state index in [1.807, 2.05) is 20.8 Å². The van der Waals surface area contributed by atoms with Gasteiger partial charge in [0.1, 0.15) is 5.60 Å². The lowest BCUT2D eigenvalue weighted by atomic mass is 9.47. The molecule has 3 saturated carbocycles. The van der Waals surface area contributed by atoms with Gasteiger partial charge in [0, 0.05) is 19.0 Å². The Labute approximate surface area is 263 Å². The number of amides is 2. The average Bonchev–Trinajstić information content (AvgIpc) is 3.27. The molecule has 0 aromatic carbocycles. The second-order valence-corrected chi connectivity index (χ2v) is 16.6. The van der Waals surface area contributed by atoms with Gasteiger partial charge in [0.2, 0.25) is 5.91 Å². The van der Waals surface area contributed by atoms with Gasteiger partial charge in [-0.1, -0.05) is 65.5 Å². The van der Waals surface area contributed by atoms with Crippen LogP contribution in [0.4, 0.5) is 4.79 Å². The second-order valence-electron chi connectivity index (χ2n) is 16.6. The molecular formula is C37H64N2O4. The fraction of sp³-hybridized carbons (Fsp3) is 0.892. The number of hydrogen-bond donors (Lipinski definition) is 2. The third kappa shape index (κ3) is 8.38. The zero-order valence-electron chi connectivity index (χ0n) is 28.9. The number of allylic oxidation sites excluding steroid dienone is 1. The molecule has 8 unspecified atom stereocenters. The van der Waals surface area contributed by atoms with E-state index in [-0.39, 0.29) is 11.9 Å². The molecule has 4 aliphatic rings. The van der Waals surface area contributed by atoms with Crippen molar-refractivity contribution >= 4 is 12.0 Å². The van der Waals surface area contributed by atoms with Gasteiger partial charge in [-0.3, -0.25) is 4.79 Å². The van der Waals surface area contributed by atoms with Crippen molar-refractivity contribution < 1.29 is 19.1 Å². The van der Waals surface area contributed by atoms with Gasteiger partial charge >= 0.3 is 6.09 Å². The fourth-order valence-corrected chi connectivity index (χ4v) is 9.91. The molecule has 3 fully saturated rings. The molecular weight excluding hydrogens is 536 g/mol. The monoisotopic (exact) mass is 600 g/mol. The Morgan fingerprint density at radius 3 is 2.49 bits per heavy atom. The van der Waals surface area contributed by atoms with E-state index in [1.165, 1.54) is 57.8 Å². The molecule has 0 saturated heterocycles. The Morgan fingerprint density at radius 2 is 1.77 bits per heavy atom. The van der Waals surface area contributed by atoms with Crippen LogP contribution in [-0.2, 0) is 14.3 Å². The van der Waals surface area contributed by atoms with Crippen molar-refractivity contribution in [2.45, 2.75) is 144 Å². The summed E-state index contributed by atoms with van der Waals surface area (Å²) in [4.78, 5) is 24.4. The Morgan fingerprint density at radius 1 is 1.00 bits per heavy atom. The molecule has 0 bridgehead atoms. The van der Waals surface area contributed by atoms with Gasteiger partial charge in [-0.15, -0.1) is 0 Å². The van der Waals surface area contributed by atoms with Crippen molar-refractivity contribution in [1.82, 2.24) is 10.6 Å². The van der Waals surface area contributed by atoms with E-state index >= 15 is 0 Å². The Bertz CT molecular complexity index is 986. The summed E-state index contributed by atoms with van der Waals surface area (Å²) in [6.45, 7) is 19.1. The number of nitrogens with one attached hydrogen (secondary N) is 2. The van der Waals surface area contributed by atoms with E-state index in [0.29, 0.717) is 37.0 Å². The van der Waals surface area contributed by atoms with Gasteiger partial charge in [-0.05, 0) is 118 Å². The van der Waals surface area contributed by atoms with Crippen molar-refractivity contribution in [2.75, 3.05) is 19.8 Å². The molecule has 4 rings (SSSR count). The zero-order chi connectivity index (χ0) is 31.4. The Balaban J connectivity index is 1.23. The first-order valence-corrected chi connectivity index (χ1v) is 17.8. The van der Waals surface area contributed by atoms with Gasteiger partial charge in [-0.2, -0.15) is 0 Å². The third-order valence-corrected chi connectivity index (χ3v) is 12.1. The summed E-state index contributed by atoms with van der Waals surface area (Å²) in [5.41, 5.74) is 1.93. The summed E-state index contributed by atoms with van der Waals surface area (Å²) in [7, 11) is 0. The minimum atomic E-state index is -0.516. The molecule has 4 aliphatic carbocycles. The first-order valence-electron chi connectivity index (χ1n) is 17.8. The molecule has 2 N–H and O–H groups in total. The van der Waals surface area contributed by atoms with Crippen molar-refractivity contribution in [2.24, 2.45) is 46.3 Å². The molecule has 0 aromatic rings. The Hall–Kier alpha value is -1.56. The van der Waals surface area contributed by atoms with Crippen LogP contribution in [0.1, 0.15) is 132 Å². The molecule has 6 nitrogen and oxygen atoms in total. The average molecular weight is 601 g/mol. The van der Waals surface area contributed by atoms with E-state index in [9.17, 15) is 9.59 Å². The van der Waals surface area contributed by atoms with E-state index in [1.54, 1.807) is 5.57 Å². The topological polar surface area (TPSA) is 76.7 Å². The fourth-order valence-electron chi connectivity index (χ4n) is 9.91. The lowest BCUT2D eigenvalue weighted by molar-refractivity contribution is -0.123. The van der Waals surface area contributed by atoms with Gasteiger partial charge in [0.15, 0.2) is 0 Å². The van der Waals surface area contributed by atoms with E-state index in [0.717, 1.165) is 48.3 Å². The highest BCUT2D eigenvalue weighted by molar-refractivity contribution is 5.76. The van der Waals surface area contributed by atoms with Gasteiger partial charge in [0.05, 0.1) is 13.2 Å². The summed E-state index contributed by atoms with van der Waals surface area (Å²) >= 11 is 0. The number of hydrogen-bond acceptors (Lipinski definition) is 4. The summed E-state index contributed by atoms with van der Waals surface area (Å²) in [6.07, 6.45) is 16.9. The highest BCUT2D eigenvalue weighted by Gasteiger charge is 2.59. The molecule has 246 valence electrons. The smallest absolute Gasteiger partial charge is 0.407 e. The van der Waals surface area contributed by atoms with Crippen LogP contribution in [0.5, 0.6) is 0 Å². The molecule has 0 radical (unpaired) electrons. The van der Waals surface area contributed by atoms with E-state index in [4.69, 9.17) is 9.47 Å². The van der Waals surface area contributed by atoms with Gasteiger partial charge in [0.25, 0.3) is 0 Å². The van der Waals surface area contributed by atoms with Crippen molar-refractivity contribution in [3.63, 3.8) is 0 Å². The van der Waals surface area contributed by atoms with Crippen molar-refractivity contribution in [3.05, 3.63) is 11.6 Å². The van der Waals surface area contributed by atoms with E-state index < -0.39 is 11.7 Å². The molecule has 0 spiro atoms. The molecule has 8 atom stereocenters. The van der Waals surface area contributed by atoms with Crippen LogP contribution < -0.4 is 10.6 Å². The summed E-state index contributed by atoms with van der Waals surface area (Å²) in [6, 6.07) is 0.230. The van der Waals surface area contributed by atoms with Gasteiger partial charge in [-0.25, -0.2) is 4.79 Å². The number of rotatable bonds is 12. The maximum absolute atomic E-state index is 12.7. The molecule has 0 heterocycles. The highest BCUT2D eigenvalue weighted by atomic mass is 16.6. The predicted octanol–water partition coefficient (Wildman–Crippen LogP) is 8.44. The number of carbonyl (C=O) groups excluding carboxylic acids is 2. The maximum Gasteiger partial charge on any atom is 0.407 e. The summed E-state index contributed by atoms with van der Waals surface area (Å²) < 4.78 is 10.8. The van der Waals surface area contributed by atoms with Crippen LogP contribution in [-0.4, -0.2) is 43.4 Å². The summed E-state index contributed by atoms with van der Waals surface area (Å²) in [5, 5.41) is 5.99. The third-order valence-electron chi connectivity index (χ3n) is 12.1. The minimum Gasteiger partial charge on any atom is -0.444 e. The Kier molecular flexibility index (Phi) is 11.4. The molecule has 0 aliphatic heterocycles. The van der Waals surface area contributed by atoms with Crippen LogP contribution in [0.2, 0.25) is 0 Å². The first-order chi connectivity index (χ1) is 20.2. The van der Waals surface area contributed by atoms with Crippen LogP contribution >= 0.6 is 0 Å². The van der Waals surface area contributed by atoms with Crippen LogP contribution in [0, 0.1) is 46.3 Å². The molecule has 6 heteroatoms. The normalized spacial score (nSPS) is 34.4. The lowest BCUT2D eigenvalue weighted by Gasteiger charge is -2.58. The first kappa shape index (κ1) is 34.3. The highest BCUT2D eigenvalue weighted by Crippen LogP contribution is 2.67. The lowest BCUT2D eigenvalue weighted by Crippen LogP contribution is -2.52. The second kappa shape index (κ2) is 14.3. The number of carbonyl (C=O) groups is 2. The maximum atomic E-state index is 12.7. The van der Waals surface area contributed by atoms with Crippen LogP contribution in [0.15, 0.2) is 11.6 Å². The van der Waals surface area contributed by atoms with Crippen molar-refractivity contribution in [1.29, 1.82) is 0 Å². The van der Waals surface area contributed by atoms with Crippen molar-refractivity contribution in [3.8, 4) is 0 Å². The standard InChI is InChI=1S/C37H64N2O4/c1-25(2)10-9-11-26(3)30-14-15-31-29-13-12-27-24-28(16-19-36(27,7)32(29)17-20-37(30,31)8)39-33(40)18-22-42-23-21-38-34(41)43-35(4,5)6/h12,25-26,28-32H,9-11,13-24H2,1-8H3,(H,38,41)(H,39,40). The largest absolute Gasteiger partial charge is 0.444 e. The summed E-state index contributed by atoms with van der Waals surface area (Å²) in [5.74, 6) is 5.18. The number of alkyl carbamates (subject to hydrolysis) is 1. The number of ether oxygens (including phenoxy) is 2.